The van der Waals surface area contributed by atoms with Crippen molar-refractivity contribution in [2.75, 3.05) is 18.4 Å². The molecule has 1 aromatic rings. The second-order valence-corrected chi connectivity index (χ2v) is 3.24. The fourth-order valence-corrected chi connectivity index (χ4v) is 1.23. The summed E-state index contributed by atoms with van der Waals surface area (Å²) in [5, 5.41) is 13.1. The van der Waals surface area contributed by atoms with Gasteiger partial charge in [0.2, 0.25) is 11.0 Å². The first kappa shape index (κ1) is 7.56. The number of amides is 1. The monoisotopic (exact) mass is 185 g/mol. The number of nitrogens with one attached hydrogen (secondary N) is 2. The molecule has 1 saturated heterocycles. The first-order valence-electron chi connectivity index (χ1n) is 3.53. The van der Waals surface area contributed by atoms with Crippen LogP contribution in [0.5, 0.6) is 0 Å². The Morgan fingerprint density at radius 3 is 3.00 bits per heavy atom. The number of rotatable bonds is 2. The lowest BCUT2D eigenvalue weighted by Crippen LogP contribution is -2.48. The highest BCUT2D eigenvalue weighted by molar-refractivity contribution is 7.09. The van der Waals surface area contributed by atoms with E-state index in [1.165, 1.54) is 0 Å². The van der Waals surface area contributed by atoms with Gasteiger partial charge in [-0.05, 0) is 5.21 Å². The zero-order valence-electron chi connectivity index (χ0n) is 6.15. The molecule has 12 heavy (non-hydrogen) atoms. The molecule has 0 saturated carbocycles. The van der Waals surface area contributed by atoms with Gasteiger partial charge < -0.3 is 5.32 Å². The largest absolute Gasteiger partial charge is 0.315 e. The van der Waals surface area contributed by atoms with Crippen LogP contribution in [0.1, 0.15) is 0 Å². The molecule has 2 rings (SSSR count). The maximum atomic E-state index is 11.3. The van der Waals surface area contributed by atoms with Crippen LogP contribution in [0.25, 0.3) is 0 Å². The summed E-state index contributed by atoms with van der Waals surface area (Å²) in [5.74, 6) is 0.0706. The molecule has 0 unspecified atom stereocenters. The molecule has 0 aromatic carbocycles. The summed E-state index contributed by atoms with van der Waals surface area (Å²) in [7, 11) is 0. The molecule has 7 heteroatoms. The van der Waals surface area contributed by atoms with Gasteiger partial charge in [-0.3, -0.25) is 10.1 Å². The van der Waals surface area contributed by atoms with Gasteiger partial charge in [-0.1, -0.05) is 9.59 Å². The van der Waals surface area contributed by atoms with E-state index in [9.17, 15) is 4.79 Å². The van der Waals surface area contributed by atoms with Gasteiger partial charge in [-0.15, -0.1) is 0 Å². The van der Waals surface area contributed by atoms with Crippen molar-refractivity contribution in [1.82, 2.24) is 20.1 Å². The van der Waals surface area contributed by atoms with Crippen LogP contribution in [0, 0.1) is 5.92 Å². The van der Waals surface area contributed by atoms with Gasteiger partial charge >= 0.3 is 0 Å². The highest BCUT2D eigenvalue weighted by Gasteiger charge is 2.25. The molecule has 0 atom stereocenters. The minimum Gasteiger partial charge on any atom is -0.315 e. The Balaban J connectivity index is 1.90. The van der Waals surface area contributed by atoms with E-state index < -0.39 is 0 Å². The molecular weight excluding hydrogens is 178 g/mol. The van der Waals surface area contributed by atoms with E-state index in [0.717, 1.165) is 24.6 Å². The summed E-state index contributed by atoms with van der Waals surface area (Å²) in [6, 6.07) is 0. The molecule has 0 radical (unpaired) electrons. The number of carbonyl (C=O) groups excluding carboxylic acids is 1. The minimum absolute atomic E-state index is 0.00713. The van der Waals surface area contributed by atoms with Crippen LogP contribution in [-0.4, -0.2) is 33.8 Å². The number of hydrogen-bond donors (Lipinski definition) is 2. The second-order valence-electron chi connectivity index (χ2n) is 2.51. The minimum atomic E-state index is -0.00713. The number of hydrogen-bond acceptors (Lipinski definition) is 6. The van der Waals surface area contributed by atoms with Crippen molar-refractivity contribution in [2.24, 2.45) is 5.92 Å². The second kappa shape index (κ2) is 3.11. The number of aromatic nitrogens is 3. The molecule has 1 aromatic heterocycles. The summed E-state index contributed by atoms with van der Waals surface area (Å²) in [6.45, 7) is 1.50. The van der Waals surface area contributed by atoms with Crippen LogP contribution < -0.4 is 10.6 Å². The molecule has 1 aliphatic heterocycles. The molecule has 1 amide bonds. The molecule has 0 aliphatic carbocycles. The Kier molecular flexibility index (Phi) is 1.96. The average molecular weight is 185 g/mol. The Morgan fingerprint density at radius 1 is 1.67 bits per heavy atom. The van der Waals surface area contributed by atoms with E-state index >= 15 is 0 Å². The first-order valence-corrected chi connectivity index (χ1v) is 4.30. The molecule has 2 N–H and O–H groups in total. The van der Waals surface area contributed by atoms with Crippen LogP contribution in [0.3, 0.4) is 0 Å². The predicted octanol–water partition coefficient (Wildman–Crippen LogP) is -0.909. The quantitative estimate of drug-likeness (QED) is 0.623. The molecule has 1 aliphatic rings. The molecule has 6 nitrogen and oxygen atoms in total. The highest BCUT2D eigenvalue weighted by atomic mass is 32.1. The van der Waals surface area contributed by atoms with Crippen LogP contribution in [-0.2, 0) is 4.79 Å². The summed E-state index contributed by atoms with van der Waals surface area (Å²) in [6.07, 6.45) is 0. The fraction of sp³-hybridized carbons (Fsp3) is 0.600. The molecule has 1 fully saturated rings. The normalized spacial score (nSPS) is 17.0. The van der Waals surface area contributed by atoms with E-state index in [1.54, 1.807) is 0 Å². The molecular formula is C5H7N5OS. The fourth-order valence-electron chi connectivity index (χ4n) is 0.863. The summed E-state index contributed by atoms with van der Waals surface area (Å²) in [5.41, 5.74) is 0. The first-order chi connectivity index (χ1) is 5.86. The summed E-state index contributed by atoms with van der Waals surface area (Å²) in [4.78, 5) is 11.3. The maximum absolute atomic E-state index is 11.3. The van der Waals surface area contributed by atoms with E-state index in [-0.39, 0.29) is 11.8 Å². The van der Waals surface area contributed by atoms with Gasteiger partial charge in [-0.25, -0.2) is 0 Å². The van der Waals surface area contributed by atoms with Gasteiger partial charge in [0.1, 0.15) is 0 Å². The number of nitrogens with zero attached hydrogens (tertiary/aromatic N) is 3. The molecule has 0 bridgehead atoms. The van der Waals surface area contributed by atoms with Crippen molar-refractivity contribution in [3.05, 3.63) is 0 Å². The smallest absolute Gasteiger partial charge is 0.231 e. The van der Waals surface area contributed by atoms with E-state index in [4.69, 9.17) is 0 Å². The third-order valence-corrected chi connectivity index (χ3v) is 2.19. The van der Waals surface area contributed by atoms with E-state index in [2.05, 4.69) is 25.4 Å². The zero-order valence-corrected chi connectivity index (χ0v) is 6.97. The van der Waals surface area contributed by atoms with Crippen molar-refractivity contribution < 1.29 is 4.79 Å². The van der Waals surface area contributed by atoms with E-state index in [0.29, 0.717) is 5.13 Å². The third kappa shape index (κ3) is 1.41. The molecule has 0 spiro atoms. The van der Waals surface area contributed by atoms with E-state index in [1.807, 2.05) is 0 Å². The Morgan fingerprint density at radius 2 is 2.50 bits per heavy atom. The van der Waals surface area contributed by atoms with Gasteiger partial charge in [-0.2, -0.15) is 0 Å². The van der Waals surface area contributed by atoms with Crippen molar-refractivity contribution >= 4 is 22.6 Å². The van der Waals surface area contributed by atoms with Crippen molar-refractivity contribution in [3.63, 3.8) is 0 Å². The third-order valence-electron chi connectivity index (χ3n) is 1.68. The Labute approximate surface area is 72.5 Å². The topological polar surface area (TPSA) is 79.8 Å². The van der Waals surface area contributed by atoms with Crippen LogP contribution in [0.4, 0.5) is 5.13 Å². The predicted molar refractivity (Wildman–Crippen MR) is 42.7 cm³/mol. The van der Waals surface area contributed by atoms with Gasteiger partial charge in [0.05, 0.1) is 5.92 Å². The number of carbonyl (C=O) groups is 1. The molecule has 64 valence electrons. The van der Waals surface area contributed by atoms with Gasteiger partial charge in [0.25, 0.3) is 0 Å². The zero-order chi connectivity index (χ0) is 8.39. The highest BCUT2D eigenvalue weighted by Crippen LogP contribution is 2.09. The van der Waals surface area contributed by atoms with Gasteiger partial charge in [0, 0.05) is 24.6 Å². The Bertz CT molecular complexity index is 269. The van der Waals surface area contributed by atoms with Gasteiger partial charge in [0.15, 0.2) is 0 Å². The lowest BCUT2D eigenvalue weighted by atomic mass is 10.0. The summed E-state index contributed by atoms with van der Waals surface area (Å²) >= 11 is 1.08. The van der Waals surface area contributed by atoms with Crippen molar-refractivity contribution in [3.8, 4) is 0 Å². The lowest BCUT2D eigenvalue weighted by Gasteiger charge is -2.24. The molecule has 2 heterocycles. The average Bonchev–Trinajstić information content (AvgIpc) is 2.34. The maximum Gasteiger partial charge on any atom is 0.231 e. The van der Waals surface area contributed by atoms with Crippen LogP contribution >= 0.6 is 11.5 Å². The van der Waals surface area contributed by atoms with Crippen LogP contribution in [0.2, 0.25) is 0 Å². The van der Waals surface area contributed by atoms with Crippen molar-refractivity contribution in [1.29, 1.82) is 0 Å². The summed E-state index contributed by atoms with van der Waals surface area (Å²) < 4.78 is 3.53. The number of anilines is 1. The lowest BCUT2D eigenvalue weighted by molar-refractivity contribution is -0.121. The Hall–Kier alpha value is -1.08. The standard InChI is InChI=1S/C5H7N5OS/c11-4(3-1-6-2-3)7-5-8-9-10-12-5/h3,6H,1-2H2,(H,7,8,10,11). The SMILES string of the molecule is O=C(Nc1nnns1)C1CNC1. The van der Waals surface area contributed by atoms with Crippen molar-refractivity contribution in [2.45, 2.75) is 0 Å². The van der Waals surface area contributed by atoms with Crippen LogP contribution in [0.15, 0.2) is 0 Å².